The molecule has 0 amide bonds. The molecular formula is C10H9BrF3NO6S. The number of rotatable bonds is 5. The van der Waals surface area contributed by atoms with E-state index >= 15 is 0 Å². The van der Waals surface area contributed by atoms with E-state index in [0.717, 1.165) is 19.2 Å². The second kappa shape index (κ2) is 6.79. The van der Waals surface area contributed by atoms with Gasteiger partial charge in [0.2, 0.25) is 0 Å². The van der Waals surface area contributed by atoms with Gasteiger partial charge in [0, 0.05) is 5.33 Å². The number of methoxy groups -OCH3 is 1. The Morgan fingerprint density at radius 2 is 2.05 bits per heavy atom. The molecule has 1 N–H and O–H groups in total. The molecule has 1 rings (SSSR count). The van der Waals surface area contributed by atoms with E-state index < -0.39 is 39.1 Å². The van der Waals surface area contributed by atoms with Gasteiger partial charge >= 0.3 is 21.6 Å². The summed E-state index contributed by atoms with van der Waals surface area (Å²) >= 11 is 2.85. The van der Waals surface area contributed by atoms with Crippen LogP contribution in [0.3, 0.4) is 0 Å². The van der Waals surface area contributed by atoms with E-state index in [4.69, 9.17) is 0 Å². The van der Waals surface area contributed by atoms with Gasteiger partial charge in [0.25, 0.3) is 0 Å². The Bertz CT molecular complexity index is 663. The minimum absolute atomic E-state index is 0.187. The number of pyridine rings is 1. The summed E-state index contributed by atoms with van der Waals surface area (Å²) in [6.07, 6.45) is -1.51. The number of aliphatic hydroxyl groups is 1. The molecule has 12 heteroatoms. The van der Waals surface area contributed by atoms with Crippen LogP contribution >= 0.6 is 15.9 Å². The van der Waals surface area contributed by atoms with Gasteiger partial charge in [0.15, 0.2) is 5.75 Å². The summed E-state index contributed by atoms with van der Waals surface area (Å²) in [5.41, 5.74) is -6.55. The number of aliphatic hydroxyl groups excluding tert-OH is 1. The number of halogens is 4. The van der Waals surface area contributed by atoms with Crippen molar-refractivity contribution >= 4 is 32.0 Å². The topological polar surface area (TPSA) is 103 Å². The van der Waals surface area contributed by atoms with Crippen molar-refractivity contribution in [2.75, 3.05) is 12.4 Å². The molecule has 1 aromatic rings. The molecule has 124 valence electrons. The van der Waals surface area contributed by atoms with Crippen molar-refractivity contribution in [1.29, 1.82) is 0 Å². The highest BCUT2D eigenvalue weighted by atomic mass is 79.9. The van der Waals surface area contributed by atoms with Crippen molar-refractivity contribution in [1.82, 2.24) is 4.98 Å². The van der Waals surface area contributed by atoms with Crippen LogP contribution in [0.25, 0.3) is 0 Å². The minimum atomic E-state index is -5.94. The zero-order valence-electron chi connectivity index (χ0n) is 10.8. The van der Waals surface area contributed by atoms with Crippen LogP contribution in [0.4, 0.5) is 13.2 Å². The molecule has 1 aromatic heterocycles. The number of hydrogen-bond acceptors (Lipinski definition) is 7. The predicted octanol–water partition coefficient (Wildman–Crippen LogP) is 1.52. The predicted molar refractivity (Wildman–Crippen MR) is 69.9 cm³/mol. The Morgan fingerprint density at radius 1 is 1.45 bits per heavy atom. The van der Waals surface area contributed by atoms with E-state index in [9.17, 15) is 31.5 Å². The van der Waals surface area contributed by atoms with Gasteiger partial charge in [-0.15, -0.1) is 0 Å². The summed E-state index contributed by atoms with van der Waals surface area (Å²) in [5, 5.41) is 9.48. The Hall–Kier alpha value is -1.40. The normalized spacial score (nSPS) is 13.5. The SMILES string of the molecule is COC(=O)c1ccc(OS(=O)(=O)C(F)(F)F)c(C(O)CBr)n1. The van der Waals surface area contributed by atoms with Crippen LogP contribution in [0.15, 0.2) is 12.1 Å². The molecule has 0 saturated carbocycles. The van der Waals surface area contributed by atoms with Crippen molar-refractivity contribution in [3.05, 3.63) is 23.5 Å². The van der Waals surface area contributed by atoms with E-state index in [2.05, 4.69) is 29.8 Å². The Labute approximate surface area is 131 Å². The summed E-state index contributed by atoms with van der Waals surface area (Å²) in [5.74, 6) is -1.77. The van der Waals surface area contributed by atoms with Crippen LogP contribution in [-0.4, -0.2) is 42.4 Å². The zero-order valence-corrected chi connectivity index (χ0v) is 13.2. The first-order chi connectivity index (χ1) is 10.0. The smallest absolute Gasteiger partial charge is 0.464 e. The van der Waals surface area contributed by atoms with Crippen LogP contribution in [0.5, 0.6) is 5.75 Å². The lowest BCUT2D eigenvalue weighted by Crippen LogP contribution is -2.29. The maximum absolute atomic E-state index is 12.3. The molecule has 22 heavy (non-hydrogen) atoms. The summed E-state index contributed by atoms with van der Waals surface area (Å²) in [6.45, 7) is 0. The van der Waals surface area contributed by atoms with Crippen molar-refractivity contribution in [3.8, 4) is 5.75 Å². The number of carbonyl (C=O) groups excluding carboxylic acids is 1. The van der Waals surface area contributed by atoms with Crippen molar-refractivity contribution in [2.45, 2.75) is 11.6 Å². The zero-order chi connectivity index (χ0) is 17.1. The largest absolute Gasteiger partial charge is 0.534 e. The van der Waals surface area contributed by atoms with E-state index in [1.807, 2.05) is 0 Å². The van der Waals surface area contributed by atoms with Gasteiger partial charge in [-0.25, -0.2) is 9.78 Å². The van der Waals surface area contributed by atoms with Crippen molar-refractivity contribution in [2.24, 2.45) is 0 Å². The van der Waals surface area contributed by atoms with Gasteiger partial charge < -0.3 is 14.0 Å². The van der Waals surface area contributed by atoms with Crippen molar-refractivity contribution < 1.29 is 40.4 Å². The molecule has 0 aliphatic carbocycles. The van der Waals surface area contributed by atoms with Gasteiger partial charge in [-0.2, -0.15) is 21.6 Å². The second-order valence-electron chi connectivity index (χ2n) is 3.72. The number of nitrogens with zero attached hydrogens (tertiary/aromatic N) is 1. The molecule has 1 unspecified atom stereocenters. The van der Waals surface area contributed by atoms with Gasteiger partial charge in [0.1, 0.15) is 17.5 Å². The summed E-state index contributed by atoms with van der Waals surface area (Å²) in [7, 11) is -4.89. The summed E-state index contributed by atoms with van der Waals surface area (Å²) < 4.78 is 67.3. The first kappa shape index (κ1) is 18.6. The average molecular weight is 408 g/mol. The molecular weight excluding hydrogens is 399 g/mol. The van der Waals surface area contributed by atoms with E-state index in [0.29, 0.717) is 0 Å². The number of esters is 1. The fourth-order valence-corrected chi connectivity index (χ4v) is 2.01. The molecule has 1 heterocycles. The van der Waals surface area contributed by atoms with Crippen LogP contribution < -0.4 is 4.18 Å². The summed E-state index contributed by atoms with van der Waals surface area (Å²) in [6, 6.07) is 1.67. The molecule has 0 saturated heterocycles. The van der Waals surface area contributed by atoms with Crippen LogP contribution in [-0.2, 0) is 14.9 Å². The second-order valence-corrected chi connectivity index (χ2v) is 5.91. The third kappa shape index (κ3) is 4.08. The highest BCUT2D eigenvalue weighted by Gasteiger charge is 2.49. The van der Waals surface area contributed by atoms with E-state index in [1.54, 1.807) is 0 Å². The highest BCUT2D eigenvalue weighted by Crippen LogP contribution is 2.31. The monoisotopic (exact) mass is 407 g/mol. The molecule has 0 radical (unpaired) electrons. The quantitative estimate of drug-likeness (QED) is 0.341. The van der Waals surface area contributed by atoms with Crippen LogP contribution in [0, 0.1) is 0 Å². The third-order valence-electron chi connectivity index (χ3n) is 2.23. The molecule has 0 aliphatic heterocycles. The maximum atomic E-state index is 12.3. The number of aromatic nitrogens is 1. The van der Waals surface area contributed by atoms with Crippen LogP contribution in [0.1, 0.15) is 22.3 Å². The number of carbonyl (C=O) groups is 1. The first-order valence-electron chi connectivity index (χ1n) is 5.37. The highest BCUT2D eigenvalue weighted by molar-refractivity contribution is 9.09. The van der Waals surface area contributed by atoms with Gasteiger partial charge in [-0.05, 0) is 12.1 Å². The number of hydrogen-bond donors (Lipinski definition) is 1. The van der Waals surface area contributed by atoms with Gasteiger partial charge in [0.05, 0.1) is 7.11 Å². The Morgan fingerprint density at radius 3 is 2.50 bits per heavy atom. The molecule has 0 spiro atoms. The molecule has 0 fully saturated rings. The van der Waals surface area contributed by atoms with Gasteiger partial charge in [-0.1, -0.05) is 15.9 Å². The number of alkyl halides is 4. The van der Waals surface area contributed by atoms with Crippen molar-refractivity contribution in [3.63, 3.8) is 0 Å². The molecule has 7 nitrogen and oxygen atoms in total. The lowest BCUT2D eigenvalue weighted by molar-refractivity contribution is -0.0501. The molecule has 1 atom stereocenters. The maximum Gasteiger partial charge on any atom is 0.534 e. The Kier molecular flexibility index (Phi) is 5.76. The fourth-order valence-electron chi connectivity index (χ4n) is 1.23. The Balaban J connectivity index is 3.34. The van der Waals surface area contributed by atoms with Crippen LogP contribution in [0.2, 0.25) is 0 Å². The lowest BCUT2D eigenvalue weighted by Gasteiger charge is -2.15. The lowest BCUT2D eigenvalue weighted by atomic mass is 10.2. The molecule has 0 aliphatic rings. The minimum Gasteiger partial charge on any atom is -0.464 e. The fraction of sp³-hybridized carbons (Fsp3) is 0.400. The van der Waals surface area contributed by atoms with Gasteiger partial charge in [-0.3, -0.25) is 0 Å². The summed E-state index contributed by atoms with van der Waals surface area (Å²) in [4.78, 5) is 14.9. The average Bonchev–Trinajstić information content (AvgIpc) is 2.44. The van der Waals surface area contributed by atoms with E-state index in [1.165, 1.54) is 0 Å². The first-order valence-corrected chi connectivity index (χ1v) is 7.90. The number of ether oxygens (including phenoxy) is 1. The third-order valence-corrected chi connectivity index (χ3v) is 3.80. The molecule has 0 aromatic carbocycles. The van der Waals surface area contributed by atoms with E-state index in [-0.39, 0.29) is 11.0 Å². The standard InChI is InChI=1S/C10H9BrF3NO6S/c1-20-9(17)5-2-3-7(8(15-5)6(16)4-11)21-22(18,19)10(12,13)14/h2-3,6,16H,4H2,1H3. The molecule has 0 bridgehead atoms.